The molecule has 0 aromatic heterocycles. The van der Waals surface area contributed by atoms with E-state index in [9.17, 15) is 5.11 Å². The molecule has 0 bridgehead atoms. The maximum absolute atomic E-state index is 9.66. The van der Waals surface area contributed by atoms with E-state index in [4.69, 9.17) is 14.0 Å². The van der Waals surface area contributed by atoms with E-state index in [0.717, 1.165) is 30.7 Å². The monoisotopic (exact) mass is 347 g/mol. The average molecular weight is 347 g/mol. The number of ether oxygens (including phenoxy) is 1. The van der Waals surface area contributed by atoms with Crippen LogP contribution in [0.15, 0.2) is 12.1 Å². The molecule has 2 heterocycles. The number of nitrogens with zero attached hydrogens (tertiary/aromatic N) is 1. The summed E-state index contributed by atoms with van der Waals surface area (Å²) in [6.45, 7) is 12.5. The van der Waals surface area contributed by atoms with E-state index in [0.29, 0.717) is 6.54 Å². The number of hydrogen-bond donors (Lipinski definition) is 1. The third-order valence-corrected chi connectivity index (χ3v) is 5.67. The molecular formula is C19H30BNO4. The molecular weight excluding hydrogens is 317 g/mol. The summed E-state index contributed by atoms with van der Waals surface area (Å²) in [5.41, 5.74) is 2.79. The smallest absolute Gasteiger partial charge is 0.494 e. The fourth-order valence-corrected chi connectivity index (χ4v) is 3.54. The van der Waals surface area contributed by atoms with E-state index in [-0.39, 0.29) is 24.4 Å². The Morgan fingerprint density at radius 3 is 2.44 bits per heavy atom. The van der Waals surface area contributed by atoms with E-state index in [1.165, 1.54) is 11.1 Å². The Hall–Kier alpha value is -1.08. The fourth-order valence-electron chi connectivity index (χ4n) is 3.54. The van der Waals surface area contributed by atoms with Crippen LogP contribution in [-0.4, -0.2) is 54.6 Å². The van der Waals surface area contributed by atoms with Crippen LogP contribution in [-0.2, 0) is 22.3 Å². The van der Waals surface area contributed by atoms with Gasteiger partial charge in [-0.3, -0.25) is 4.90 Å². The minimum Gasteiger partial charge on any atom is -0.496 e. The molecule has 0 radical (unpaired) electrons. The molecule has 3 rings (SSSR count). The van der Waals surface area contributed by atoms with Crippen LogP contribution in [0.25, 0.3) is 0 Å². The van der Waals surface area contributed by atoms with Crippen LogP contribution < -0.4 is 10.2 Å². The summed E-state index contributed by atoms with van der Waals surface area (Å²) in [5, 5.41) is 9.66. The Balaban J connectivity index is 1.88. The van der Waals surface area contributed by atoms with E-state index < -0.39 is 0 Å². The predicted molar refractivity (Wildman–Crippen MR) is 99.4 cm³/mol. The minimum absolute atomic E-state index is 0.323. The number of rotatable bonds is 4. The molecule has 2 aliphatic rings. The Labute approximate surface area is 151 Å². The standard InChI is InChI=1S/C19H30BNO4/c1-13(22)11-21-8-7-14-9-15(10-17(23-6)16(14)12-21)20-24-18(2,3)19(4,5)25-20/h9-10,13,22H,7-8,11-12H2,1-6H3/t13-/m0/s1. The van der Waals surface area contributed by atoms with Crippen LogP contribution in [0.3, 0.4) is 0 Å². The Bertz CT molecular complexity index is 611. The quantitative estimate of drug-likeness (QED) is 0.841. The Morgan fingerprint density at radius 1 is 1.24 bits per heavy atom. The first-order chi connectivity index (χ1) is 11.6. The summed E-state index contributed by atoms with van der Waals surface area (Å²) < 4.78 is 18.1. The van der Waals surface area contributed by atoms with Crippen molar-refractivity contribution >= 4 is 12.6 Å². The zero-order valence-electron chi connectivity index (χ0n) is 16.3. The van der Waals surface area contributed by atoms with Gasteiger partial charge >= 0.3 is 7.12 Å². The van der Waals surface area contributed by atoms with Gasteiger partial charge in [0.05, 0.1) is 24.4 Å². The molecule has 6 heteroatoms. The van der Waals surface area contributed by atoms with Crippen LogP contribution in [0.4, 0.5) is 0 Å². The third-order valence-electron chi connectivity index (χ3n) is 5.67. The average Bonchev–Trinajstić information content (AvgIpc) is 2.74. The summed E-state index contributed by atoms with van der Waals surface area (Å²) in [4.78, 5) is 2.27. The van der Waals surface area contributed by atoms with Gasteiger partial charge in [0.2, 0.25) is 0 Å². The van der Waals surface area contributed by atoms with Gasteiger partial charge in [-0.2, -0.15) is 0 Å². The third kappa shape index (κ3) is 3.58. The molecule has 0 spiro atoms. The highest BCUT2D eigenvalue weighted by molar-refractivity contribution is 6.62. The van der Waals surface area contributed by atoms with Crippen molar-refractivity contribution in [2.24, 2.45) is 0 Å². The van der Waals surface area contributed by atoms with Gasteiger partial charge in [-0.05, 0) is 58.1 Å². The maximum Gasteiger partial charge on any atom is 0.494 e. The lowest BCUT2D eigenvalue weighted by atomic mass is 9.76. The van der Waals surface area contributed by atoms with Crippen molar-refractivity contribution in [1.29, 1.82) is 0 Å². The lowest BCUT2D eigenvalue weighted by Crippen LogP contribution is -2.41. The summed E-state index contributed by atoms with van der Waals surface area (Å²) in [6.07, 6.45) is 0.614. The first-order valence-corrected chi connectivity index (χ1v) is 9.08. The van der Waals surface area contributed by atoms with Crippen LogP contribution >= 0.6 is 0 Å². The zero-order chi connectivity index (χ0) is 18.4. The number of aliphatic hydroxyl groups excluding tert-OH is 1. The molecule has 1 aromatic rings. The van der Waals surface area contributed by atoms with E-state index >= 15 is 0 Å². The van der Waals surface area contributed by atoms with Crippen LogP contribution in [0, 0.1) is 0 Å². The number of fused-ring (bicyclic) bond motifs is 1. The van der Waals surface area contributed by atoms with E-state index in [2.05, 4.69) is 38.7 Å². The summed E-state index contributed by atoms with van der Waals surface area (Å²) in [5.74, 6) is 0.873. The fraction of sp³-hybridized carbons (Fsp3) is 0.684. The number of hydrogen-bond acceptors (Lipinski definition) is 5. The molecule has 0 unspecified atom stereocenters. The van der Waals surface area contributed by atoms with Crippen molar-refractivity contribution in [3.8, 4) is 5.75 Å². The Kier molecular flexibility index (Phi) is 4.92. The first kappa shape index (κ1) is 18.7. The summed E-state index contributed by atoms with van der Waals surface area (Å²) >= 11 is 0. The first-order valence-electron chi connectivity index (χ1n) is 9.08. The largest absolute Gasteiger partial charge is 0.496 e. The molecule has 1 atom stereocenters. The van der Waals surface area contributed by atoms with Gasteiger partial charge in [0.25, 0.3) is 0 Å². The van der Waals surface area contributed by atoms with Crippen molar-refractivity contribution in [3.05, 3.63) is 23.3 Å². The van der Waals surface area contributed by atoms with Crippen molar-refractivity contribution in [1.82, 2.24) is 4.90 Å². The van der Waals surface area contributed by atoms with Gasteiger partial charge in [0.1, 0.15) is 5.75 Å². The second kappa shape index (κ2) is 6.58. The summed E-state index contributed by atoms with van der Waals surface area (Å²) in [6, 6.07) is 4.23. The van der Waals surface area contributed by atoms with Crippen LogP contribution in [0.2, 0.25) is 0 Å². The number of methoxy groups -OCH3 is 1. The number of β-amino-alcohol motifs (C(OH)–C–C–N with tert-alkyl or cyclic N) is 1. The van der Waals surface area contributed by atoms with Gasteiger partial charge < -0.3 is 19.2 Å². The lowest BCUT2D eigenvalue weighted by Gasteiger charge is -2.32. The second-order valence-corrected chi connectivity index (χ2v) is 8.28. The van der Waals surface area contributed by atoms with Gasteiger partial charge in [-0.15, -0.1) is 0 Å². The molecule has 1 aromatic carbocycles. The topological polar surface area (TPSA) is 51.2 Å². The van der Waals surface area contributed by atoms with Crippen molar-refractivity contribution in [3.63, 3.8) is 0 Å². The second-order valence-electron chi connectivity index (χ2n) is 8.28. The highest BCUT2D eigenvalue weighted by Crippen LogP contribution is 2.37. The highest BCUT2D eigenvalue weighted by atomic mass is 16.7. The molecule has 1 fully saturated rings. The molecule has 25 heavy (non-hydrogen) atoms. The van der Waals surface area contributed by atoms with Gasteiger partial charge in [0.15, 0.2) is 0 Å². The highest BCUT2D eigenvalue weighted by Gasteiger charge is 2.52. The van der Waals surface area contributed by atoms with Crippen molar-refractivity contribution < 1.29 is 19.2 Å². The SMILES string of the molecule is COc1cc(B2OC(C)(C)C(C)(C)O2)cc2c1CN(C[C@H](C)O)CC2. The molecule has 0 saturated carbocycles. The molecule has 0 amide bonds. The van der Waals surface area contributed by atoms with Crippen molar-refractivity contribution in [2.75, 3.05) is 20.2 Å². The van der Waals surface area contributed by atoms with Crippen molar-refractivity contribution in [2.45, 2.75) is 64.9 Å². The number of benzene rings is 1. The molecule has 1 saturated heterocycles. The van der Waals surface area contributed by atoms with Crippen LogP contribution in [0.1, 0.15) is 45.7 Å². The van der Waals surface area contributed by atoms with E-state index in [1.807, 2.05) is 13.0 Å². The molecule has 5 nitrogen and oxygen atoms in total. The maximum atomic E-state index is 9.66. The number of aliphatic hydroxyl groups is 1. The predicted octanol–water partition coefficient (Wildman–Crippen LogP) is 1.73. The molecule has 2 aliphatic heterocycles. The van der Waals surface area contributed by atoms with Crippen LogP contribution in [0.5, 0.6) is 5.75 Å². The molecule has 1 N–H and O–H groups in total. The van der Waals surface area contributed by atoms with E-state index in [1.54, 1.807) is 7.11 Å². The normalized spacial score (nSPS) is 23.4. The van der Waals surface area contributed by atoms with Gasteiger partial charge in [-0.25, -0.2) is 0 Å². The minimum atomic E-state index is -0.375. The molecule has 0 aliphatic carbocycles. The summed E-state index contributed by atoms with van der Waals surface area (Å²) in [7, 11) is 1.33. The Morgan fingerprint density at radius 2 is 1.88 bits per heavy atom. The molecule has 138 valence electrons. The zero-order valence-corrected chi connectivity index (χ0v) is 16.3. The lowest BCUT2D eigenvalue weighted by molar-refractivity contribution is 0.00578. The van der Waals surface area contributed by atoms with Gasteiger partial charge in [0, 0.05) is 25.2 Å². The van der Waals surface area contributed by atoms with Gasteiger partial charge in [-0.1, -0.05) is 6.07 Å².